The van der Waals surface area contributed by atoms with Crippen LogP contribution >= 0.6 is 11.3 Å². The number of nitrogens with zero attached hydrogens (tertiary/aromatic N) is 2. The molecule has 20 heavy (non-hydrogen) atoms. The molecule has 1 aliphatic heterocycles. The zero-order valence-corrected chi connectivity index (χ0v) is 13.8. The van der Waals surface area contributed by atoms with Crippen LogP contribution in [0.3, 0.4) is 0 Å². The molecule has 1 saturated heterocycles. The molecule has 0 radical (unpaired) electrons. The molecule has 4 heteroatoms. The molecule has 0 aromatic carbocycles. The highest BCUT2D eigenvalue weighted by Crippen LogP contribution is 2.39. The van der Waals surface area contributed by atoms with Gasteiger partial charge in [-0.2, -0.15) is 0 Å². The van der Waals surface area contributed by atoms with E-state index < -0.39 is 0 Å². The van der Waals surface area contributed by atoms with Crippen LogP contribution in [0.5, 0.6) is 0 Å². The highest BCUT2D eigenvalue weighted by molar-refractivity contribution is 7.15. The molecule has 0 amide bonds. The van der Waals surface area contributed by atoms with Gasteiger partial charge in [-0.3, -0.25) is 0 Å². The molecule has 1 aliphatic carbocycles. The van der Waals surface area contributed by atoms with Crippen molar-refractivity contribution in [2.45, 2.75) is 65.0 Å². The molecule has 0 bridgehead atoms. The summed E-state index contributed by atoms with van der Waals surface area (Å²) in [6.07, 6.45) is 6.30. The Morgan fingerprint density at radius 1 is 1.40 bits per heavy atom. The van der Waals surface area contributed by atoms with Gasteiger partial charge in [0.05, 0.1) is 11.7 Å². The van der Waals surface area contributed by atoms with E-state index in [0.29, 0.717) is 12.1 Å². The van der Waals surface area contributed by atoms with Gasteiger partial charge in [-0.25, -0.2) is 4.98 Å². The van der Waals surface area contributed by atoms with E-state index in [2.05, 4.69) is 31.0 Å². The van der Waals surface area contributed by atoms with E-state index in [-0.39, 0.29) is 0 Å². The van der Waals surface area contributed by atoms with E-state index in [1.807, 2.05) is 11.3 Å². The zero-order chi connectivity index (χ0) is 14.1. The molecule has 3 atom stereocenters. The van der Waals surface area contributed by atoms with Crippen molar-refractivity contribution in [3.05, 3.63) is 10.6 Å². The van der Waals surface area contributed by atoms with Gasteiger partial charge in [-0.15, -0.1) is 11.3 Å². The number of fused-ring (bicyclic) bond motifs is 1. The largest absolute Gasteiger partial charge is 0.345 e. The molecule has 1 aromatic rings. The molecule has 1 N–H and O–H groups in total. The number of nitrogens with one attached hydrogen (secondary N) is 1. The Morgan fingerprint density at radius 2 is 2.25 bits per heavy atom. The van der Waals surface area contributed by atoms with Crippen molar-refractivity contribution < 1.29 is 0 Å². The second-order valence-electron chi connectivity index (χ2n) is 6.55. The van der Waals surface area contributed by atoms with Crippen molar-refractivity contribution in [2.75, 3.05) is 18.0 Å². The topological polar surface area (TPSA) is 28.2 Å². The Kier molecular flexibility index (Phi) is 4.32. The summed E-state index contributed by atoms with van der Waals surface area (Å²) in [6.45, 7) is 9.22. The molecule has 1 aromatic heterocycles. The summed E-state index contributed by atoms with van der Waals surface area (Å²) in [7, 11) is 0. The maximum Gasteiger partial charge on any atom is 0.186 e. The molecule has 3 unspecified atom stereocenters. The summed E-state index contributed by atoms with van der Waals surface area (Å²) in [5.74, 6) is 0.806. The molecular formula is C16H27N3S. The summed E-state index contributed by atoms with van der Waals surface area (Å²) in [6, 6.07) is 1.15. The summed E-state index contributed by atoms with van der Waals surface area (Å²) >= 11 is 1.95. The van der Waals surface area contributed by atoms with Crippen LogP contribution in [0.15, 0.2) is 0 Å². The van der Waals surface area contributed by atoms with Crippen molar-refractivity contribution in [1.29, 1.82) is 0 Å². The first kappa shape index (κ1) is 14.3. The number of aryl methyl sites for hydroxylation is 1. The smallest absolute Gasteiger partial charge is 0.186 e. The summed E-state index contributed by atoms with van der Waals surface area (Å²) in [5, 5.41) is 4.95. The lowest BCUT2D eigenvalue weighted by Crippen LogP contribution is -2.27. The van der Waals surface area contributed by atoms with E-state index in [9.17, 15) is 0 Å². The minimum atomic E-state index is 0.499. The summed E-state index contributed by atoms with van der Waals surface area (Å²) in [5.41, 5.74) is 1.36. The number of hydrogen-bond acceptors (Lipinski definition) is 4. The van der Waals surface area contributed by atoms with Gasteiger partial charge in [0.15, 0.2) is 5.13 Å². The molecule has 0 saturated carbocycles. The first-order chi connectivity index (χ1) is 9.69. The lowest BCUT2D eigenvalue weighted by molar-refractivity contribution is 0.454. The van der Waals surface area contributed by atoms with Crippen molar-refractivity contribution in [3.63, 3.8) is 0 Å². The van der Waals surface area contributed by atoms with E-state index in [4.69, 9.17) is 4.98 Å². The van der Waals surface area contributed by atoms with Crippen LogP contribution in [0.1, 0.15) is 63.1 Å². The van der Waals surface area contributed by atoms with Gasteiger partial charge in [0, 0.05) is 17.5 Å². The lowest BCUT2D eigenvalue weighted by atomic mass is 9.97. The van der Waals surface area contributed by atoms with Crippen molar-refractivity contribution in [3.8, 4) is 0 Å². The van der Waals surface area contributed by atoms with Gasteiger partial charge in [0.2, 0.25) is 0 Å². The highest BCUT2D eigenvalue weighted by atomic mass is 32.1. The van der Waals surface area contributed by atoms with Crippen LogP contribution in [-0.4, -0.2) is 24.1 Å². The second kappa shape index (κ2) is 6.02. The fourth-order valence-electron chi connectivity index (χ4n) is 3.61. The number of anilines is 1. The SMILES string of the molecule is CCCNC1CCCc2sc(N3CC(C)CC3C)nc21. The second-order valence-corrected chi connectivity index (χ2v) is 7.61. The van der Waals surface area contributed by atoms with Crippen LogP contribution in [0, 0.1) is 5.92 Å². The molecule has 0 spiro atoms. The molecule has 1 fully saturated rings. The molecule has 112 valence electrons. The maximum atomic E-state index is 5.03. The van der Waals surface area contributed by atoms with Crippen LogP contribution in [0.4, 0.5) is 5.13 Å². The minimum Gasteiger partial charge on any atom is -0.345 e. The Morgan fingerprint density at radius 3 is 2.95 bits per heavy atom. The predicted molar refractivity (Wildman–Crippen MR) is 86.7 cm³/mol. The van der Waals surface area contributed by atoms with E-state index in [1.54, 1.807) is 0 Å². The van der Waals surface area contributed by atoms with E-state index in [1.165, 1.54) is 54.4 Å². The third-order valence-electron chi connectivity index (χ3n) is 4.61. The van der Waals surface area contributed by atoms with Gasteiger partial charge in [0.1, 0.15) is 0 Å². The first-order valence-electron chi connectivity index (χ1n) is 8.18. The van der Waals surface area contributed by atoms with Gasteiger partial charge >= 0.3 is 0 Å². The minimum absolute atomic E-state index is 0.499. The van der Waals surface area contributed by atoms with Gasteiger partial charge in [-0.05, 0) is 51.5 Å². The standard InChI is InChI=1S/C16H27N3S/c1-4-8-17-13-6-5-7-14-15(13)18-16(20-14)19-10-11(2)9-12(19)3/h11-13,17H,4-10H2,1-3H3. The van der Waals surface area contributed by atoms with Gasteiger partial charge < -0.3 is 10.2 Å². The van der Waals surface area contributed by atoms with Gasteiger partial charge in [0.25, 0.3) is 0 Å². The highest BCUT2D eigenvalue weighted by Gasteiger charge is 2.31. The normalized spacial score (nSPS) is 29.8. The Labute approximate surface area is 126 Å². The Hall–Kier alpha value is -0.610. The van der Waals surface area contributed by atoms with Crippen LogP contribution in [-0.2, 0) is 6.42 Å². The van der Waals surface area contributed by atoms with Crippen LogP contribution in [0.2, 0.25) is 0 Å². The van der Waals surface area contributed by atoms with Crippen LogP contribution in [0.25, 0.3) is 0 Å². The predicted octanol–water partition coefficient (Wildman–Crippen LogP) is 3.75. The molecule has 2 aliphatic rings. The zero-order valence-electron chi connectivity index (χ0n) is 13.0. The average molecular weight is 293 g/mol. The van der Waals surface area contributed by atoms with Crippen molar-refractivity contribution in [1.82, 2.24) is 10.3 Å². The Bertz CT molecular complexity index is 457. The molecule has 2 heterocycles. The number of aromatic nitrogens is 1. The quantitative estimate of drug-likeness (QED) is 0.916. The molecule has 3 nitrogen and oxygen atoms in total. The summed E-state index contributed by atoms with van der Waals surface area (Å²) < 4.78 is 0. The van der Waals surface area contributed by atoms with E-state index in [0.717, 1.165) is 12.5 Å². The number of thiazole rings is 1. The van der Waals surface area contributed by atoms with E-state index >= 15 is 0 Å². The number of rotatable bonds is 4. The number of hydrogen-bond donors (Lipinski definition) is 1. The average Bonchev–Trinajstić information content (AvgIpc) is 2.99. The maximum absolute atomic E-state index is 5.03. The van der Waals surface area contributed by atoms with Gasteiger partial charge in [-0.1, -0.05) is 13.8 Å². The first-order valence-corrected chi connectivity index (χ1v) is 9.00. The van der Waals surface area contributed by atoms with Crippen LogP contribution < -0.4 is 10.2 Å². The monoisotopic (exact) mass is 293 g/mol. The third-order valence-corrected chi connectivity index (χ3v) is 5.78. The summed E-state index contributed by atoms with van der Waals surface area (Å²) in [4.78, 5) is 9.10. The molecular weight excluding hydrogens is 266 g/mol. The molecule has 3 rings (SSSR count). The van der Waals surface area contributed by atoms with Crippen molar-refractivity contribution in [2.24, 2.45) is 5.92 Å². The Balaban J connectivity index is 1.80. The van der Waals surface area contributed by atoms with Crippen molar-refractivity contribution >= 4 is 16.5 Å². The fraction of sp³-hybridized carbons (Fsp3) is 0.812. The third kappa shape index (κ3) is 2.73. The fourth-order valence-corrected chi connectivity index (χ4v) is 4.89. The lowest BCUT2D eigenvalue weighted by Gasteiger charge is -2.22.